The van der Waals surface area contributed by atoms with Crippen LogP contribution in [0.5, 0.6) is 0 Å². The lowest BCUT2D eigenvalue weighted by Crippen LogP contribution is -2.30. The summed E-state index contributed by atoms with van der Waals surface area (Å²) < 4.78 is 5.07. The fraction of sp³-hybridized carbons (Fsp3) is 0.533. The zero-order valence-corrected chi connectivity index (χ0v) is 12.3. The summed E-state index contributed by atoms with van der Waals surface area (Å²) >= 11 is 0. The summed E-state index contributed by atoms with van der Waals surface area (Å²) in [5, 5.41) is 2.67. The van der Waals surface area contributed by atoms with Gasteiger partial charge in [-0.05, 0) is 31.4 Å². The van der Waals surface area contributed by atoms with E-state index in [0.717, 1.165) is 32.4 Å². The van der Waals surface area contributed by atoms with Crippen LogP contribution in [0.15, 0.2) is 18.3 Å². The van der Waals surface area contributed by atoms with Gasteiger partial charge in [-0.25, -0.2) is 9.78 Å². The van der Waals surface area contributed by atoms with Gasteiger partial charge in [0.2, 0.25) is 0 Å². The number of hydrogen-bond donors (Lipinski definition) is 1. The zero-order chi connectivity index (χ0) is 15.1. The topological polar surface area (TPSA) is 71.5 Å². The van der Waals surface area contributed by atoms with E-state index in [9.17, 15) is 9.59 Å². The van der Waals surface area contributed by atoms with Crippen LogP contribution in [0.1, 0.15) is 36.5 Å². The molecule has 1 aromatic heterocycles. The van der Waals surface area contributed by atoms with Crippen molar-refractivity contribution in [1.82, 2.24) is 10.3 Å². The van der Waals surface area contributed by atoms with Gasteiger partial charge in [0.05, 0.1) is 0 Å². The quantitative estimate of drug-likeness (QED) is 0.801. The summed E-state index contributed by atoms with van der Waals surface area (Å²) in [7, 11) is 0. The Balaban J connectivity index is 1.97. The highest BCUT2D eigenvalue weighted by molar-refractivity contribution is 5.96. The molecule has 2 heterocycles. The molecule has 0 spiro atoms. The van der Waals surface area contributed by atoms with Gasteiger partial charge in [-0.1, -0.05) is 6.92 Å². The number of nitrogens with one attached hydrogen (secondary N) is 1. The van der Waals surface area contributed by atoms with Gasteiger partial charge >= 0.3 is 5.97 Å². The minimum Gasteiger partial charge on any atom is -0.452 e. The lowest BCUT2D eigenvalue weighted by Gasteiger charge is -2.18. The third kappa shape index (κ3) is 4.18. The molecule has 1 saturated heterocycles. The van der Waals surface area contributed by atoms with E-state index < -0.39 is 5.97 Å². The van der Waals surface area contributed by atoms with Gasteiger partial charge in [-0.15, -0.1) is 0 Å². The summed E-state index contributed by atoms with van der Waals surface area (Å²) in [4.78, 5) is 30.0. The van der Waals surface area contributed by atoms with E-state index >= 15 is 0 Å². The summed E-state index contributed by atoms with van der Waals surface area (Å²) in [6, 6.07) is 3.39. The van der Waals surface area contributed by atoms with Gasteiger partial charge in [0.25, 0.3) is 5.91 Å². The molecule has 0 aromatic carbocycles. The van der Waals surface area contributed by atoms with Gasteiger partial charge < -0.3 is 15.0 Å². The zero-order valence-electron chi connectivity index (χ0n) is 12.3. The van der Waals surface area contributed by atoms with Crippen molar-refractivity contribution >= 4 is 17.7 Å². The van der Waals surface area contributed by atoms with E-state index in [1.54, 1.807) is 18.3 Å². The highest BCUT2D eigenvalue weighted by Crippen LogP contribution is 2.22. The van der Waals surface area contributed by atoms with Crippen LogP contribution in [0.2, 0.25) is 0 Å². The first kappa shape index (κ1) is 15.3. The van der Waals surface area contributed by atoms with Crippen LogP contribution in [0, 0.1) is 0 Å². The van der Waals surface area contributed by atoms with Crippen LogP contribution in [0.25, 0.3) is 0 Å². The normalized spacial score (nSPS) is 14.0. The number of carbonyl (C=O) groups is 2. The van der Waals surface area contributed by atoms with Crippen LogP contribution in [0.4, 0.5) is 5.82 Å². The molecule has 2 rings (SSSR count). The Bertz CT molecular complexity index is 499. The van der Waals surface area contributed by atoms with Crippen LogP contribution < -0.4 is 10.2 Å². The monoisotopic (exact) mass is 291 g/mol. The summed E-state index contributed by atoms with van der Waals surface area (Å²) in [5.74, 6) is -0.137. The van der Waals surface area contributed by atoms with Crippen molar-refractivity contribution in [2.75, 3.05) is 31.1 Å². The average Bonchev–Trinajstić information content (AvgIpc) is 3.04. The Morgan fingerprint density at radius 2 is 2.14 bits per heavy atom. The number of rotatable bonds is 6. The summed E-state index contributed by atoms with van der Waals surface area (Å²) in [6.45, 7) is 4.09. The molecule has 6 nitrogen and oxygen atoms in total. The lowest BCUT2D eigenvalue weighted by atomic mass is 10.2. The number of anilines is 1. The number of hydrogen-bond acceptors (Lipinski definition) is 5. The fourth-order valence-electron chi connectivity index (χ4n) is 2.26. The summed E-state index contributed by atoms with van der Waals surface area (Å²) in [5.41, 5.74) is 0.419. The van der Waals surface area contributed by atoms with Gasteiger partial charge in [-0.2, -0.15) is 0 Å². The number of carbonyl (C=O) groups excluding carboxylic acids is 2. The third-order valence-corrected chi connectivity index (χ3v) is 3.32. The first-order chi connectivity index (χ1) is 10.2. The number of amides is 1. The van der Waals surface area contributed by atoms with E-state index in [4.69, 9.17) is 4.74 Å². The largest absolute Gasteiger partial charge is 0.452 e. The molecule has 0 unspecified atom stereocenters. The molecule has 114 valence electrons. The molecule has 1 amide bonds. The second-order valence-electron chi connectivity index (χ2n) is 4.99. The Labute approximate surface area is 124 Å². The summed E-state index contributed by atoms with van der Waals surface area (Å²) in [6.07, 6.45) is 4.72. The maximum atomic E-state index is 12.1. The number of esters is 1. The minimum absolute atomic E-state index is 0.257. The maximum absolute atomic E-state index is 12.1. The van der Waals surface area contributed by atoms with E-state index in [0.29, 0.717) is 17.9 Å². The van der Waals surface area contributed by atoms with E-state index in [1.165, 1.54) is 0 Å². The Hall–Kier alpha value is -2.11. The van der Waals surface area contributed by atoms with Gasteiger partial charge in [0.15, 0.2) is 6.61 Å². The molecule has 0 bridgehead atoms. The molecule has 1 fully saturated rings. The number of pyridine rings is 1. The van der Waals surface area contributed by atoms with Crippen LogP contribution in [-0.2, 0) is 9.53 Å². The van der Waals surface area contributed by atoms with Crippen LogP contribution >= 0.6 is 0 Å². The van der Waals surface area contributed by atoms with Crippen molar-refractivity contribution in [3.63, 3.8) is 0 Å². The molecule has 1 aromatic rings. The van der Waals surface area contributed by atoms with Gasteiger partial charge in [-0.3, -0.25) is 4.79 Å². The molecule has 0 aliphatic carbocycles. The predicted octanol–water partition coefficient (Wildman–Crippen LogP) is 1.36. The molecule has 21 heavy (non-hydrogen) atoms. The predicted molar refractivity (Wildman–Crippen MR) is 79.3 cm³/mol. The van der Waals surface area contributed by atoms with E-state index in [2.05, 4.69) is 15.2 Å². The van der Waals surface area contributed by atoms with Crippen molar-refractivity contribution in [2.45, 2.75) is 26.2 Å². The van der Waals surface area contributed by atoms with Crippen LogP contribution in [-0.4, -0.2) is 43.1 Å². The van der Waals surface area contributed by atoms with Crippen LogP contribution in [0.3, 0.4) is 0 Å². The maximum Gasteiger partial charge on any atom is 0.342 e. The van der Waals surface area contributed by atoms with Crippen molar-refractivity contribution in [2.24, 2.45) is 0 Å². The van der Waals surface area contributed by atoms with E-state index in [-0.39, 0.29) is 12.5 Å². The molecule has 6 heteroatoms. The fourth-order valence-corrected chi connectivity index (χ4v) is 2.26. The molecule has 0 saturated carbocycles. The third-order valence-electron chi connectivity index (χ3n) is 3.32. The van der Waals surface area contributed by atoms with E-state index in [1.807, 2.05) is 6.92 Å². The standard InChI is InChI=1S/C15H21N3O3/c1-2-7-16-13(19)11-21-15(20)12-6-5-8-17-14(12)18-9-3-4-10-18/h5-6,8H,2-4,7,9-11H2,1H3,(H,16,19). The molecular weight excluding hydrogens is 270 g/mol. The second kappa shape index (κ2) is 7.61. The molecule has 0 radical (unpaired) electrons. The Morgan fingerprint density at radius 1 is 1.38 bits per heavy atom. The SMILES string of the molecule is CCCNC(=O)COC(=O)c1cccnc1N1CCCC1. The van der Waals surface area contributed by atoms with Crippen molar-refractivity contribution in [3.8, 4) is 0 Å². The lowest BCUT2D eigenvalue weighted by molar-refractivity contribution is -0.124. The highest BCUT2D eigenvalue weighted by atomic mass is 16.5. The van der Waals surface area contributed by atoms with Crippen molar-refractivity contribution in [3.05, 3.63) is 23.9 Å². The average molecular weight is 291 g/mol. The first-order valence-corrected chi connectivity index (χ1v) is 7.36. The number of aromatic nitrogens is 1. The smallest absolute Gasteiger partial charge is 0.342 e. The van der Waals surface area contributed by atoms with Gasteiger partial charge in [0, 0.05) is 25.8 Å². The Morgan fingerprint density at radius 3 is 2.86 bits per heavy atom. The highest BCUT2D eigenvalue weighted by Gasteiger charge is 2.21. The molecular formula is C15H21N3O3. The van der Waals surface area contributed by atoms with Gasteiger partial charge in [0.1, 0.15) is 11.4 Å². The number of ether oxygens (including phenoxy) is 1. The second-order valence-corrected chi connectivity index (χ2v) is 4.99. The molecule has 1 aliphatic rings. The molecule has 1 N–H and O–H groups in total. The molecule has 1 aliphatic heterocycles. The minimum atomic E-state index is -0.503. The Kier molecular flexibility index (Phi) is 5.54. The van der Waals surface area contributed by atoms with Crippen molar-refractivity contribution in [1.29, 1.82) is 0 Å². The first-order valence-electron chi connectivity index (χ1n) is 7.36. The van der Waals surface area contributed by atoms with Crippen molar-refractivity contribution < 1.29 is 14.3 Å². The molecule has 0 atom stereocenters. The number of nitrogens with zero attached hydrogens (tertiary/aromatic N) is 2.